The molecule has 19 heavy (non-hydrogen) atoms. The van der Waals surface area contributed by atoms with Gasteiger partial charge in [0, 0.05) is 6.54 Å². The van der Waals surface area contributed by atoms with Gasteiger partial charge in [-0.25, -0.2) is 0 Å². The number of hydrogen-bond donors (Lipinski definition) is 1. The molecule has 2 unspecified atom stereocenters. The first kappa shape index (κ1) is 14.1. The summed E-state index contributed by atoms with van der Waals surface area (Å²) in [6, 6.07) is 6.13. The van der Waals surface area contributed by atoms with Crippen molar-refractivity contribution in [3.63, 3.8) is 0 Å². The van der Waals surface area contributed by atoms with Crippen molar-refractivity contribution < 1.29 is 9.90 Å². The van der Waals surface area contributed by atoms with Crippen LogP contribution in [0.1, 0.15) is 35.4 Å². The molecule has 0 bridgehead atoms. The maximum atomic E-state index is 11.8. The van der Waals surface area contributed by atoms with E-state index in [0.29, 0.717) is 0 Å². The molecule has 104 valence electrons. The van der Waals surface area contributed by atoms with Gasteiger partial charge >= 0.3 is 5.97 Å². The van der Waals surface area contributed by atoms with Crippen LogP contribution in [0.2, 0.25) is 0 Å². The van der Waals surface area contributed by atoms with E-state index in [9.17, 15) is 9.90 Å². The number of carbonyl (C=O) groups is 1. The highest BCUT2D eigenvalue weighted by Crippen LogP contribution is 2.33. The quantitative estimate of drug-likeness (QED) is 0.909. The van der Waals surface area contributed by atoms with Crippen LogP contribution in [0.25, 0.3) is 0 Å². The van der Waals surface area contributed by atoms with Crippen LogP contribution in [-0.2, 0) is 4.79 Å². The lowest BCUT2D eigenvalue weighted by Gasteiger charge is -2.34. The highest BCUT2D eigenvalue weighted by Gasteiger charge is 2.33. The van der Waals surface area contributed by atoms with Gasteiger partial charge in [0.05, 0.1) is 5.92 Å². The van der Waals surface area contributed by atoms with Gasteiger partial charge in [-0.3, -0.25) is 4.79 Å². The molecular formula is C16H23NO2. The third-order valence-electron chi connectivity index (χ3n) is 4.17. The summed E-state index contributed by atoms with van der Waals surface area (Å²) in [5.41, 5.74) is 3.22. The normalized spacial score (nSPS) is 22.2. The highest BCUT2D eigenvalue weighted by molar-refractivity contribution is 5.77. The summed E-state index contributed by atoms with van der Waals surface area (Å²) in [4.78, 5) is 14.0. The molecule has 0 saturated carbocycles. The Morgan fingerprint density at radius 1 is 1.42 bits per heavy atom. The van der Waals surface area contributed by atoms with E-state index in [4.69, 9.17) is 0 Å². The van der Waals surface area contributed by atoms with Gasteiger partial charge in [-0.2, -0.15) is 0 Å². The molecule has 1 aliphatic rings. The van der Waals surface area contributed by atoms with Crippen LogP contribution in [0, 0.1) is 19.8 Å². The molecular weight excluding hydrogens is 238 g/mol. The predicted molar refractivity (Wildman–Crippen MR) is 76.5 cm³/mol. The Labute approximate surface area is 115 Å². The Balaban J connectivity index is 2.34. The first-order valence-electron chi connectivity index (χ1n) is 6.97. The number of aliphatic carboxylic acids is 1. The molecule has 0 radical (unpaired) electrons. The lowest BCUT2D eigenvalue weighted by atomic mass is 9.79. The molecule has 0 aromatic heterocycles. The molecule has 0 spiro atoms. The van der Waals surface area contributed by atoms with Gasteiger partial charge in [-0.05, 0) is 57.3 Å². The van der Waals surface area contributed by atoms with Crippen LogP contribution in [0.5, 0.6) is 0 Å². The zero-order valence-electron chi connectivity index (χ0n) is 12.0. The standard InChI is InChI=1S/C16H23NO2/c1-11-6-7-12(2)14(9-11)15(16(18)19)13-5-4-8-17(3)10-13/h6-7,9,13,15H,4-5,8,10H2,1-3H3,(H,18,19). The fourth-order valence-corrected chi connectivity index (χ4v) is 3.16. The molecule has 1 heterocycles. The zero-order chi connectivity index (χ0) is 14.0. The molecule has 1 aliphatic heterocycles. The second-order valence-corrected chi connectivity index (χ2v) is 5.84. The minimum atomic E-state index is -0.686. The van der Waals surface area contributed by atoms with Crippen LogP contribution >= 0.6 is 0 Å². The van der Waals surface area contributed by atoms with Crippen molar-refractivity contribution in [2.45, 2.75) is 32.6 Å². The first-order valence-corrected chi connectivity index (χ1v) is 6.97. The highest BCUT2D eigenvalue weighted by atomic mass is 16.4. The number of carboxylic acid groups (broad SMARTS) is 1. The Hall–Kier alpha value is -1.35. The summed E-state index contributed by atoms with van der Waals surface area (Å²) in [5.74, 6) is -0.839. The Morgan fingerprint density at radius 2 is 2.16 bits per heavy atom. The number of nitrogens with zero attached hydrogens (tertiary/aromatic N) is 1. The summed E-state index contributed by atoms with van der Waals surface area (Å²) in [5, 5.41) is 9.66. The van der Waals surface area contributed by atoms with Crippen molar-refractivity contribution in [3.05, 3.63) is 34.9 Å². The van der Waals surface area contributed by atoms with Gasteiger partial charge in [0.2, 0.25) is 0 Å². The van der Waals surface area contributed by atoms with E-state index < -0.39 is 5.97 Å². The third-order valence-corrected chi connectivity index (χ3v) is 4.17. The third kappa shape index (κ3) is 3.16. The molecule has 0 aliphatic carbocycles. The molecule has 1 saturated heterocycles. The van der Waals surface area contributed by atoms with Crippen LogP contribution in [0.4, 0.5) is 0 Å². The smallest absolute Gasteiger partial charge is 0.311 e. The van der Waals surface area contributed by atoms with E-state index in [1.807, 2.05) is 32.0 Å². The Kier molecular flexibility index (Phi) is 4.25. The number of rotatable bonds is 3. The monoisotopic (exact) mass is 261 g/mol. The van der Waals surface area contributed by atoms with Gasteiger partial charge in [-0.15, -0.1) is 0 Å². The maximum absolute atomic E-state index is 11.8. The van der Waals surface area contributed by atoms with Gasteiger partial charge in [-0.1, -0.05) is 23.8 Å². The van der Waals surface area contributed by atoms with E-state index in [2.05, 4.69) is 11.9 Å². The predicted octanol–water partition coefficient (Wildman–Crippen LogP) is 2.81. The Morgan fingerprint density at radius 3 is 2.79 bits per heavy atom. The van der Waals surface area contributed by atoms with Crippen molar-refractivity contribution in [1.29, 1.82) is 0 Å². The number of hydrogen-bond acceptors (Lipinski definition) is 2. The van der Waals surface area contributed by atoms with E-state index in [-0.39, 0.29) is 11.8 Å². The van der Waals surface area contributed by atoms with Gasteiger partial charge < -0.3 is 10.0 Å². The van der Waals surface area contributed by atoms with Gasteiger partial charge in [0.25, 0.3) is 0 Å². The maximum Gasteiger partial charge on any atom is 0.311 e. The summed E-state index contributed by atoms with van der Waals surface area (Å²) >= 11 is 0. The summed E-state index contributed by atoms with van der Waals surface area (Å²) < 4.78 is 0. The van der Waals surface area contributed by atoms with E-state index >= 15 is 0 Å². The zero-order valence-corrected chi connectivity index (χ0v) is 12.0. The Bertz CT molecular complexity index is 470. The number of piperidine rings is 1. The lowest BCUT2D eigenvalue weighted by molar-refractivity contribution is -0.140. The SMILES string of the molecule is Cc1ccc(C)c(C(C(=O)O)C2CCCN(C)C2)c1. The number of aryl methyl sites for hydroxylation is 2. The van der Waals surface area contributed by atoms with Gasteiger partial charge in [0.15, 0.2) is 0 Å². The van der Waals surface area contributed by atoms with E-state index in [0.717, 1.165) is 42.6 Å². The molecule has 2 atom stereocenters. The molecule has 1 fully saturated rings. The average Bonchev–Trinajstić information content (AvgIpc) is 2.33. The van der Waals surface area contributed by atoms with Crippen LogP contribution in [0.15, 0.2) is 18.2 Å². The largest absolute Gasteiger partial charge is 0.481 e. The van der Waals surface area contributed by atoms with Crippen LogP contribution in [-0.4, -0.2) is 36.1 Å². The molecule has 3 nitrogen and oxygen atoms in total. The molecule has 2 rings (SSSR count). The van der Waals surface area contributed by atoms with Gasteiger partial charge in [0.1, 0.15) is 0 Å². The summed E-state index contributed by atoms with van der Waals surface area (Å²) in [7, 11) is 2.08. The fourth-order valence-electron chi connectivity index (χ4n) is 3.16. The van der Waals surface area contributed by atoms with Crippen LogP contribution in [0.3, 0.4) is 0 Å². The molecule has 0 amide bonds. The number of carboxylic acids is 1. The summed E-state index contributed by atoms with van der Waals surface area (Å²) in [6.45, 7) is 5.99. The fraction of sp³-hybridized carbons (Fsp3) is 0.562. The second-order valence-electron chi connectivity index (χ2n) is 5.84. The number of likely N-dealkylation sites (tertiary alicyclic amines) is 1. The second kappa shape index (κ2) is 5.74. The lowest BCUT2D eigenvalue weighted by Crippen LogP contribution is -2.37. The van der Waals surface area contributed by atoms with Crippen molar-refractivity contribution in [2.75, 3.05) is 20.1 Å². The first-order chi connectivity index (χ1) is 8.99. The molecule has 1 aromatic rings. The number of benzene rings is 1. The molecule has 1 N–H and O–H groups in total. The molecule has 1 aromatic carbocycles. The summed E-state index contributed by atoms with van der Waals surface area (Å²) in [6.07, 6.45) is 2.10. The van der Waals surface area contributed by atoms with Crippen molar-refractivity contribution in [1.82, 2.24) is 4.90 Å². The topological polar surface area (TPSA) is 40.5 Å². The van der Waals surface area contributed by atoms with Crippen LogP contribution < -0.4 is 0 Å². The minimum Gasteiger partial charge on any atom is -0.481 e. The van der Waals surface area contributed by atoms with E-state index in [1.54, 1.807) is 0 Å². The van der Waals surface area contributed by atoms with Crippen molar-refractivity contribution in [2.24, 2.45) is 5.92 Å². The minimum absolute atomic E-state index is 0.219. The van der Waals surface area contributed by atoms with Crippen molar-refractivity contribution in [3.8, 4) is 0 Å². The van der Waals surface area contributed by atoms with E-state index in [1.165, 1.54) is 0 Å². The van der Waals surface area contributed by atoms with Crippen molar-refractivity contribution >= 4 is 5.97 Å². The average molecular weight is 261 g/mol. The molecule has 3 heteroatoms.